The fraction of sp³-hybridized carbons (Fsp3) is 1.00. The Balaban J connectivity index is 2.21. The molecule has 1 N–H and O–H groups in total. The molecule has 0 aromatic carbocycles. The fourth-order valence-corrected chi connectivity index (χ4v) is 3.11. The third kappa shape index (κ3) is 5.07. The van der Waals surface area contributed by atoms with E-state index in [0.717, 1.165) is 25.6 Å². The predicted molar refractivity (Wildman–Crippen MR) is 73.2 cm³/mol. The Bertz CT molecular complexity index is 185. The Kier molecular flexibility index (Phi) is 6.78. The Morgan fingerprint density at radius 3 is 2.75 bits per heavy atom. The Morgan fingerprint density at radius 1 is 1.44 bits per heavy atom. The highest BCUT2D eigenvalue weighted by Crippen LogP contribution is 2.47. The molecule has 0 heterocycles. The second-order valence-electron chi connectivity index (χ2n) is 5.04. The number of methoxy groups -OCH3 is 1. The zero-order valence-electron chi connectivity index (χ0n) is 11.1. The lowest BCUT2D eigenvalue weighted by molar-refractivity contribution is 0.186. The molecule has 0 bridgehead atoms. The first-order chi connectivity index (χ1) is 7.73. The van der Waals surface area contributed by atoms with Crippen LogP contribution >= 0.6 is 11.8 Å². The van der Waals surface area contributed by atoms with Crippen LogP contribution in [0.25, 0.3) is 0 Å². The minimum absolute atomic E-state index is 0.524. The van der Waals surface area contributed by atoms with Crippen LogP contribution in [0.3, 0.4) is 0 Å². The molecular formula is C13H27NOS. The molecule has 0 spiro atoms. The number of nitrogens with one attached hydrogen (secondary N) is 1. The highest BCUT2D eigenvalue weighted by atomic mass is 32.2. The molecule has 0 radical (unpaired) electrons. The fourth-order valence-electron chi connectivity index (χ4n) is 2.21. The molecule has 0 amide bonds. The monoisotopic (exact) mass is 245 g/mol. The second-order valence-corrected chi connectivity index (χ2v) is 6.44. The van der Waals surface area contributed by atoms with Crippen LogP contribution in [-0.2, 0) is 4.74 Å². The van der Waals surface area contributed by atoms with Crippen LogP contribution in [0, 0.1) is 11.3 Å². The maximum atomic E-state index is 5.06. The molecule has 0 aliphatic heterocycles. The van der Waals surface area contributed by atoms with Crippen molar-refractivity contribution in [2.24, 2.45) is 11.3 Å². The second kappa shape index (κ2) is 7.57. The van der Waals surface area contributed by atoms with E-state index in [1.54, 1.807) is 7.11 Å². The van der Waals surface area contributed by atoms with Gasteiger partial charge >= 0.3 is 0 Å². The quantitative estimate of drug-likeness (QED) is 0.598. The van der Waals surface area contributed by atoms with E-state index in [4.69, 9.17) is 4.74 Å². The van der Waals surface area contributed by atoms with Gasteiger partial charge < -0.3 is 10.1 Å². The highest BCUT2D eigenvalue weighted by molar-refractivity contribution is 7.99. The van der Waals surface area contributed by atoms with Gasteiger partial charge in [0.05, 0.1) is 6.61 Å². The molecule has 1 aliphatic carbocycles. The van der Waals surface area contributed by atoms with E-state index in [1.165, 1.54) is 30.8 Å². The Morgan fingerprint density at radius 2 is 2.19 bits per heavy atom. The standard InChI is InChI=1S/C13H27NOS/c1-4-16-10-7-13(2,12-5-6-12)11-14-8-9-15-3/h12,14H,4-11H2,1-3H3. The summed E-state index contributed by atoms with van der Waals surface area (Å²) in [5.74, 6) is 3.54. The Labute approximate surface area is 105 Å². The van der Waals surface area contributed by atoms with Crippen molar-refractivity contribution in [3.8, 4) is 0 Å². The van der Waals surface area contributed by atoms with E-state index >= 15 is 0 Å². The molecule has 1 aliphatic rings. The van der Waals surface area contributed by atoms with E-state index < -0.39 is 0 Å². The normalized spacial score (nSPS) is 19.7. The molecule has 16 heavy (non-hydrogen) atoms. The maximum absolute atomic E-state index is 5.06. The summed E-state index contributed by atoms with van der Waals surface area (Å²) in [4.78, 5) is 0. The summed E-state index contributed by atoms with van der Waals surface area (Å²) >= 11 is 2.07. The average Bonchev–Trinajstić information content (AvgIpc) is 3.09. The largest absolute Gasteiger partial charge is 0.383 e. The third-order valence-electron chi connectivity index (χ3n) is 3.60. The van der Waals surface area contributed by atoms with E-state index in [-0.39, 0.29) is 0 Å². The number of thioether (sulfide) groups is 1. The van der Waals surface area contributed by atoms with Crippen LogP contribution < -0.4 is 5.32 Å². The van der Waals surface area contributed by atoms with Crippen LogP contribution in [0.1, 0.15) is 33.1 Å². The van der Waals surface area contributed by atoms with E-state index in [1.807, 2.05) is 0 Å². The van der Waals surface area contributed by atoms with Gasteiger partial charge in [0.25, 0.3) is 0 Å². The molecule has 0 saturated heterocycles. The molecule has 1 atom stereocenters. The van der Waals surface area contributed by atoms with Gasteiger partial charge in [-0.1, -0.05) is 13.8 Å². The van der Waals surface area contributed by atoms with E-state index in [9.17, 15) is 0 Å². The summed E-state index contributed by atoms with van der Waals surface area (Å²) < 4.78 is 5.06. The van der Waals surface area contributed by atoms with Crippen LogP contribution in [0.15, 0.2) is 0 Å². The van der Waals surface area contributed by atoms with Crippen LogP contribution in [-0.4, -0.2) is 38.3 Å². The smallest absolute Gasteiger partial charge is 0.0587 e. The Hall–Kier alpha value is 0.270. The van der Waals surface area contributed by atoms with Gasteiger partial charge in [0.15, 0.2) is 0 Å². The summed E-state index contributed by atoms with van der Waals surface area (Å²) in [7, 11) is 1.76. The number of ether oxygens (including phenoxy) is 1. The summed E-state index contributed by atoms with van der Waals surface area (Å²) in [5, 5.41) is 3.54. The summed E-state index contributed by atoms with van der Waals surface area (Å²) in [6.45, 7) is 7.67. The van der Waals surface area contributed by atoms with Crippen molar-refractivity contribution in [2.45, 2.75) is 33.1 Å². The first-order valence-corrected chi connectivity index (χ1v) is 7.66. The van der Waals surface area contributed by atoms with E-state index in [2.05, 4.69) is 30.9 Å². The summed E-state index contributed by atoms with van der Waals surface area (Å²) in [6, 6.07) is 0. The molecule has 1 saturated carbocycles. The van der Waals surface area contributed by atoms with Crippen molar-refractivity contribution in [3.63, 3.8) is 0 Å². The minimum Gasteiger partial charge on any atom is -0.383 e. The zero-order chi connectivity index (χ0) is 11.9. The molecule has 96 valence electrons. The topological polar surface area (TPSA) is 21.3 Å². The van der Waals surface area contributed by atoms with Gasteiger partial charge in [-0.25, -0.2) is 0 Å². The third-order valence-corrected chi connectivity index (χ3v) is 4.50. The molecular weight excluding hydrogens is 218 g/mol. The van der Waals surface area contributed by atoms with Gasteiger partial charge in [-0.05, 0) is 42.1 Å². The molecule has 1 rings (SSSR count). The lowest BCUT2D eigenvalue weighted by atomic mass is 9.82. The SMILES string of the molecule is CCSCCC(C)(CNCCOC)C1CC1. The van der Waals surface area contributed by atoms with Gasteiger partial charge in [-0.2, -0.15) is 11.8 Å². The summed E-state index contributed by atoms with van der Waals surface area (Å²) in [6.07, 6.45) is 4.24. The van der Waals surface area contributed by atoms with Gasteiger partial charge in [0, 0.05) is 20.2 Å². The first kappa shape index (κ1) is 14.3. The number of rotatable bonds is 10. The van der Waals surface area contributed by atoms with Crippen LogP contribution in [0.5, 0.6) is 0 Å². The highest BCUT2D eigenvalue weighted by Gasteiger charge is 2.40. The number of hydrogen-bond acceptors (Lipinski definition) is 3. The van der Waals surface area contributed by atoms with Crippen molar-refractivity contribution in [2.75, 3.05) is 38.3 Å². The molecule has 2 nitrogen and oxygen atoms in total. The molecule has 1 unspecified atom stereocenters. The lowest BCUT2D eigenvalue weighted by Crippen LogP contribution is -2.35. The minimum atomic E-state index is 0.524. The predicted octanol–water partition coefficient (Wildman–Crippen LogP) is 2.78. The van der Waals surface area contributed by atoms with Crippen LogP contribution in [0.2, 0.25) is 0 Å². The molecule has 3 heteroatoms. The van der Waals surface area contributed by atoms with Gasteiger partial charge in [-0.15, -0.1) is 0 Å². The molecule has 1 fully saturated rings. The van der Waals surface area contributed by atoms with Crippen molar-refractivity contribution in [1.82, 2.24) is 5.32 Å². The lowest BCUT2D eigenvalue weighted by Gasteiger charge is -2.30. The molecule has 0 aromatic heterocycles. The zero-order valence-corrected chi connectivity index (χ0v) is 11.9. The van der Waals surface area contributed by atoms with Gasteiger partial charge in [-0.3, -0.25) is 0 Å². The average molecular weight is 245 g/mol. The first-order valence-electron chi connectivity index (χ1n) is 6.50. The van der Waals surface area contributed by atoms with Crippen molar-refractivity contribution >= 4 is 11.8 Å². The van der Waals surface area contributed by atoms with Crippen molar-refractivity contribution < 1.29 is 4.74 Å². The maximum Gasteiger partial charge on any atom is 0.0587 e. The van der Waals surface area contributed by atoms with Gasteiger partial charge in [0.2, 0.25) is 0 Å². The van der Waals surface area contributed by atoms with Crippen LogP contribution in [0.4, 0.5) is 0 Å². The van der Waals surface area contributed by atoms with Crippen molar-refractivity contribution in [1.29, 1.82) is 0 Å². The van der Waals surface area contributed by atoms with Gasteiger partial charge in [0.1, 0.15) is 0 Å². The van der Waals surface area contributed by atoms with E-state index in [0.29, 0.717) is 5.41 Å². The van der Waals surface area contributed by atoms with Crippen molar-refractivity contribution in [3.05, 3.63) is 0 Å². The summed E-state index contributed by atoms with van der Waals surface area (Å²) in [5.41, 5.74) is 0.524. The number of hydrogen-bond donors (Lipinski definition) is 1. The molecule has 0 aromatic rings.